The second kappa shape index (κ2) is 32.2. The van der Waals surface area contributed by atoms with E-state index < -0.39 is 11.9 Å². The van der Waals surface area contributed by atoms with Crippen molar-refractivity contribution in [2.45, 2.75) is 189 Å². The van der Waals surface area contributed by atoms with Crippen molar-refractivity contribution in [1.82, 2.24) is 19.9 Å². The quantitative estimate of drug-likeness (QED) is 0.0413. The minimum Gasteiger partial charge on any atom is -0.478 e. The maximum atomic E-state index is 11.9. The molecule has 0 saturated carbocycles. The first kappa shape index (κ1) is 57.9. The van der Waals surface area contributed by atoms with Crippen LogP contribution in [0.3, 0.4) is 0 Å². The lowest BCUT2D eigenvalue weighted by Gasteiger charge is -2.13. The summed E-state index contributed by atoms with van der Waals surface area (Å²) in [6, 6.07) is 27.2. The molecule has 0 bridgehead atoms. The molecule has 8 heteroatoms. The number of hydrogen-bond acceptors (Lipinski definition) is 6. The standard InChI is InChI=1S/C33H44N2O2.C32H42N2O2/c1-4-6-7-8-9-10-11-12-13-14-27-23-34-32(35-24-27)29-18-16-28(17-19-29)31-22-26(21-25(3)5-2)15-20-30(31)33(36)37;1-4-6-7-8-9-10-11-12-13-26-22-33-31(34-23-26)28-17-15-27(16-18-28)30-21-25(20-24(3)5-2)14-19-29(30)32(35)36/h15-20,22-25H,4-14,21H2,1-3H3,(H,36,37);14-19,21-24H,4-13,20H2,1-3H3,(H,35,36)/t25-;24-/m00/s1. The van der Waals surface area contributed by atoms with E-state index in [1.807, 2.05) is 97.6 Å². The molecule has 2 aromatic heterocycles. The Morgan fingerprint density at radius 2 is 0.699 bits per heavy atom. The molecule has 390 valence electrons. The van der Waals surface area contributed by atoms with Gasteiger partial charge in [-0.15, -0.1) is 0 Å². The molecule has 0 aliphatic rings. The maximum Gasteiger partial charge on any atom is 0.336 e. The molecule has 0 fully saturated rings. The van der Waals surface area contributed by atoms with Crippen LogP contribution in [0.1, 0.15) is 207 Å². The topological polar surface area (TPSA) is 126 Å². The number of aromatic carboxylic acids is 2. The van der Waals surface area contributed by atoms with Gasteiger partial charge in [-0.1, -0.05) is 223 Å². The Labute approximate surface area is 439 Å². The Morgan fingerprint density at radius 3 is 1.00 bits per heavy atom. The van der Waals surface area contributed by atoms with E-state index in [0.29, 0.717) is 34.6 Å². The van der Waals surface area contributed by atoms with E-state index in [2.05, 4.69) is 61.5 Å². The molecular formula is C65H86N4O4. The molecule has 73 heavy (non-hydrogen) atoms. The van der Waals surface area contributed by atoms with Gasteiger partial charge in [0.2, 0.25) is 0 Å². The van der Waals surface area contributed by atoms with Crippen LogP contribution in [0.15, 0.2) is 110 Å². The van der Waals surface area contributed by atoms with Gasteiger partial charge in [0, 0.05) is 35.9 Å². The molecule has 0 amide bonds. The Balaban J connectivity index is 0.000000271. The summed E-state index contributed by atoms with van der Waals surface area (Å²) < 4.78 is 0. The molecule has 0 radical (unpaired) electrons. The number of aromatic nitrogens is 4. The van der Waals surface area contributed by atoms with Crippen molar-refractivity contribution < 1.29 is 19.8 Å². The first-order valence-electron chi connectivity index (χ1n) is 28.1. The van der Waals surface area contributed by atoms with Gasteiger partial charge >= 0.3 is 11.9 Å². The van der Waals surface area contributed by atoms with E-state index in [0.717, 1.165) is 71.9 Å². The van der Waals surface area contributed by atoms with Crippen LogP contribution < -0.4 is 0 Å². The fraction of sp³-hybridized carbons (Fsp3) is 0.477. The van der Waals surface area contributed by atoms with Crippen molar-refractivity contribution in [3.63, 3.8) is 0 Å². The molecule has 6 aromatic rings. The van der Waals surface area contributed by atoms with Crippen molar-refractivity contribution in [2.75, 3.05) is 0 Å². The molecule has 0 spiro atoms. The molecule has 0 aliphatic heterocycles. The summed E-state index contributed by atoms with van der Waals surface area (Å²) in [7, 11) is 0. The number of benzene rings is 4. The normalized spacial score (nSPS) is 12.0. The fourth-order valence-corrected chi connectivity index (χ4v) is 9.35. The number of unbranched alkanes of at least 4 members (excludes halogenated alkanes) is 15. The zero-order chi connectivity index (χ0) is 52.2. The summed E-state index contributed by atoms with van der Waals surface area (Å²) >= 11 is 0. The Bertz CT molecular complexity index is 2520. The lowest BCUT2D eigenvalue weighted by molar-refractivity contribution is 0.0687. The van der Waals surface area contributed by atoms with E-state index in [-0.39, 0.29) is 0 Å². The average Bonchev–Trinajstić information content (AvgIpc) is 3.41. The van der Waals surface area contributed by atoms with Gasteiger partial charge in [-0.3, -0.25) is 0 Å². The van der Waals surface area contributed by atoms with Crippen LogP contribution in [-0.4, -0.2) is 42.1 Å². The van der Waals surface area contributed by atoms with Crippen LogP contribution in [-0.2, 0) is 25.7 Å². The van der Waals surface area contributed by atoms with Gasteiger partial charge in [-0.2, -0.15) is 0 Å². The molecule has 0 unspecified atom stereocenters. The third-order valence-electron chi connectivity index (χ3n) is 14.4. The van der Waals surface area contributed by atoms with Gasteiger partial charge in [0.15, 0.2) is 11.6 Å². The van der Waals surface area contributed by atoms with Gasteiger partial charge in [0.25, 0.3) is 0 Å². The SMILES string of the molecule is CCCCCCCCCCCc1cnc(-c2ccc(-c3cc(C[C@@H](C)CC)ccc3C(=O)O)cc2)nc1.CCCCCCCCCCc1cnc(-c2ccc(-c3cc(C[C@@H](C)CC)ccc3C(=O)O)cc2)nc1. The largest absolute Gasteiger partial charge is 0.478 e. The third-order valence-corrected chi connectivity index (χ3v) is 14.4. The molecule has 2 heterocycles. The van der Waals surface area contributed by atoms with Crippen LogP contribution in [0.4, 0.5) is 0 Å². The van der Waals surface area contributed by atoms with Crippen molar-refractivity contribution in [3.05, 3.63) is 143 Å². The summed E-state index contributed by atoms with van der Waals surface area (Å²) in [5, 5.41) is 19.4. The number of aryl methyl sites for hydroxylation is 2. The van der Waals surface area contributed by atoms with Crippen LogP contribution in [0, 0.1) is 11.8 Å². The zero-order valence-corrected chi connectivity index (χ0v) is 45.3. The minimum absolute atomic E-state index is 0.331. The summed E-state index contributed by atoms with van der Waals surface area (Å²) in [6.07, 6.45) is 36.4. The van der Waals surface area contributed by atoms with Crippen LogP contribution in [0.5, 0.6) is 0 Å². The third kappa shape index (κ3) is 19.7. The Morgan fingerprint density at radius 1 is 0.397 bits per heavy atom. The maximum absolute atomic E-state index is 11.9. The fourth-order valence-electron chi connectivity index (χ4n) is 9.35. The lowest BCUT2D eigenvalue weighted by atomic mass is 9.92. The van der Waals surface area contributed by atoms with Gasteiger partial charge in [0.1, 0.15) is 0 Å². The highest BCUT2D eigenvalue weighted by Gasteiger charge is 2.16. The van der Waals surface area contributed by atoms with Gasteiger partial charge in [-0.25, -0.2) is 29.5 Å². The second-order valence-electron chi connectivity index (χ2n) is 20.6. The Hall–Kier alpha value is -6.02. The van der Waals surface area contributed by atoms with Crippen molar-refractivity contribution >= 4 is 11.9 Å². The number of hydrogen-bond donors (Lipinski definition) is 2. The predicted molar refractivity (Wildman–Crippen MR) is 303 cm³/mol. The first-order chi connectivity index (χ1) is 35.5. The van der Waals surface area contributed by atoms with Crippen LogP contribution in [0.25, 0.3) is 45.0 Å². The van der Waals surface area contributed by atoms with Gasteiger partial charge < -0.3 is 10.2 Å². The van der Waals surface area contributed by atoms with E-state index in [9.17, 15) is 19.8 Å². The molecule has 4 aromatic carbocycles. The monoisotopic (exact) mass is 987 g/mol. The van der Waals surface area contributed by atoms with E-state index in [1.54, 1.807) is 12.1 Å². The summed E-state index contributed by atoms with van der Waals surface area (Å²) in [5.41, 5.74) is 10.6. The van der Waals surface area contributed by atoms with Gasteiger partial charge in [0.05, 0.1) is 11.1 Å². The highest BCUT2D eigenvalue weighted by Crippen LogP contribution is 2.31. The number of carbonyl (C=O) groups is 2. The molecule has 0 aliphatic carbocycles. The summed E-state index contributed by atoms with van der Waals surface area (Å²) in [5.74, 6) is 0.717. The molecule has 8 nitrogen and oxygen atoms in total. The van der Waals surface area contributed by atoms with Crippen molar-refractivity contribution in [1.29, 1.82) is 0 Å². The predicted octanol–water partition coefficient (Wildman–Crippen LogP) is 18.0. The number of rotatable bonds is 31. The summed E-state index contributed by atoms with van der Waals surface area (Å²) in [6.45, 7) is 13.3. The molecule has 2 atom stereocenters. The van der Waals surface area contributed by atoms with Crippen LogP contribution in [0.2, 0.25) is 0 Å². The smallest absolute Gasteiger partial charge is 0.336 e. The van der Waals surface area contributed by atoms with E-state index in [1.165, 1.54) is 131 Å². The minimum atomic E-state index is -0.903. The van der Waals surface area contributed by atoms with E-state index >= 15 is 0 Å². The molecular weight excluding hydrogens is 901 g/mol. The second-order valence-corrected chi connectivity index (χ2v) is 20.6. The van der Waals surface area contributed by atoms with Crippen molar-refractivity contribution in [3.8, 4) is 45.0 Å². The lowest BCUT2D eigenvalue weighted by Crippen LogP contribution is -2.03. The highest BCUT2D eigenvalue weighted by atomic mass is 16.4. The highest BCUT2D eigenvalue weighted by molar-refractivity contribution is 5.97. The average molecular weight is 987 g/mol. The number of carboxylic acid groups (broad SMARTS) is 2. The number of nitrogens with zero attached hydrogens (tertiary/aromatic N) is 4. The zero-order valence-electron chi connectivity index (χ0n) is 45.3. The molecule has 2 N–H and O–H groups in total. The molecule has 0 saturated heterocycles. The van der Waals surface area contributed by atoms with Gasteiger partial charge in [-0.05, 0) is 107 Å². The first-order valence-corrected chi connectivity index (χ1v) is 28.1. The molecule has 6 rings (SSSR count). The van der Waals surface area contributed by atoms with Crippen LogP contribution >= 0.6 is 0 Å². The number of carboxylic acids is 2. The van der Waals surface area contributed by atoms with Crippen molar-refractivity contribution in [2.24, 2.45) is 11.8 Å². The Kier molecular flexibility index (Phi) is 25.5. The summed E-state index contributed by atoms with van der Waals surface area (Å²) in [4.78, 5) is 42.1. The van der Waals surface area contributed by atoms with E-state index in [4.69, 9.17) is 0 Å².